The first-order valence-corrected chi connectivity index (χ1v) is 11.6. The fourth-order valence-electron chi connectivity index (χ4n) is 3.34. The number of para-hydroxylation sites is 1. The molecule has 3 aromatic carbocycles. The van der Waals surface area contributed by atoms with Crippen LogP contribution in [-0.4, -0.2) is 30.0 Å². The maximum Gasteiger partial charge on any atom is 0.340 e. The molecule has 0 heterocycles. The molecule has 0 aromatic heterocycles. The second-order valence-corrected chi connectivity index (χ2v) is 7.81. The second kappa shape index (κ2) is 12.7. The lowest BCUT2D eigenvalue weighted by Crippen LogP contribution is -2.18. The highest BCUT2D eigenvalue weighted by molar-refractivity contribution is 6.10. The number of hydrogen-bond acceptors (Lipinski definition) is 6. The number of amides is 1. The van der Waals surface area contributed by atoms with Crippen molar-refractivity contribution in [2.75, 3.05) is 23.8 Å². The van der Waals surface area contributed by atoms with Crippen LogP contribution in [0.3, 0.4) is 0 Å². The Hall–Kier alpha value is -4.64. The summed E-state index contributed by atoms with van der Waals surface area (Å²) in [6, 6.07) is 17.9. The number of unbranched alkanes of at least 4 members (excludes halogenated alkanes) is 1. The van der Waals surface area contributed by atoms with Gasteiger partial charge in [-0.25, -0.2) is 4.79 Å². The van der Waals surface area contributed by atoms with Crippen molar-refractivity contribution in [1.82, 2.24) is 0 Å². The number of nitro groups is 1. The molecule has 0 aliphatic carbocycles. The van der Waals surface area contributed by atoms with Crippen LogP contribution in [-0.2, 0) is 4.74 Å². The van der Waals surface area contributed by atoms with E-state index in [1.54, 1.807) is 61.5 Å². The molecule has 184 valence electrons. The van der Waals surface area contributed by atoms with E-state index in [4.69, 9.17) is 4.74 Å². The first kappa shape index (κ1) is 26.0. The summed E-state index contributed by atoms with van der Waals surface area (Å²) in [5.74, 6) is 5.06. The average molecular weight is 486 g/mol. The fourth-order valence-corrected chi connectivity index (χ4v) is 3.34. The molecule has 0 atom stereocenters. The molecule has 0 unspecified atom stereocenters. The summed E-state index contributed by atoms with van der Waals surface area (Å²) in [5.41, 5.74) is 2.84. The van der Waals surface area contributed by atoms with Crippen molar-refractivity contribution in [3.05, 3.63) is 99.1 Å². The van der Waals surface area contributed by atoms with E-state index in [-0.39, 0.29) is 17.9 Å². The number of non-ortho nitro benzene ring substituents is 1. The summed E-state index contributed by atoms with van der Waals surface area (Å²) >= 11 is 0. The van der Waals surface area contributed by atoms with E-state index in [2.05, 4.69) is 29.4 Å². The Morgan fingerprint density at radius 3 is 2.31 bits per heavy atom. The minimum Gasteiger partial charge on any atom is -0.462 e. The van der Waals surface area contributed by atoms with E-state index < -0.39 is 16.8 Å². The van der Waals surface area contributed by atoms with Gasteiger partial charge in [0.25, 0.3) is 11.6 Å². The number of ether oxygens (including phenoxy) is 1. The fraction of sp³-hybridized carbons (Fsp3) is 0.214. The Morgan fingerprint density at radius 2 is 1.61 bits per heavy atom. The standard InChI is InChI=1S/C28H27N3O5/c1-3-5-18-29-25-17-14-21(11-10-20-12-15-22(16-13-20)31(34)35)19-24(25)27(32)30-26-9-7-6-8-23(26)28(33)36-4-2/h6-9,12-17,19,29H,3-5,18H2,1-2H3,(H,30,32). The van der Waals surface area contributed by atoms with Crippen LogP contribution >= 0.6 is 0 Å². The molecule has 1 amide bonds. The van der Waals surface area contributed by atoms with Gasteiger partial charge in [-0.3, -0.25) is 14.9 Å². The van der Waals surface area contributed by atoms with Crippen LogP contribution in [0, 0.1) is 22.0 Å². The minimum absolute atomic E-state index is 0.00915. The van der Waals surface area contributed by atoms with Gasteiger partial charge in [-0.05, 0) is 55.8 Å². The molecule has 0 spiro atoms. The molecule has 0 radical (unpaired) electrons. The molecule has 2 N–H and O–H groups in total. The third-order valence-corrected chi connectivity index (χ3v) is 5.21. The molecule has 3 aromatic rings. The molecule has 0 bridgehead atoms. The quantitative estimate of drug-likeness (QED) is 0.133. The van der Waals surface area contributed by atoms with Crippen molar-refractivity contribution in [3.63, 3.8) is 0 Å². The Labute approximate surface area is 209 Å². The Balaban J connectivity index is 1.90. The molecule has 3 rings (SSSR count). The molecule has 0 fully saturated rings. The Morgan fingerprint density at radius 1 is 0.917 bits per heavy atom. The molecule has 0 aliphatic heterocycles. The number of carbonyl (C=O) groups is 2. The van der Waals surface area contributed by atoms with Crippen molar-refractivity contribution >= 4 is 28.9 Å². The van der Waals surface area contributed by atoms with Gasteiger partial charge in [0.2, 0.25) is 0 Å². The molecule has 8 heteroatoms. The molecule has 0 saturated carbocycles. The predicted octanol–water partition coefficient (Wildman–Crippen LogP) is 5.64. The lowest BCUT2D eigenvalue weighted by Gasteiger charge is -2.14. The van der Waals surface area contributed by atoms with Gasteiger partial charge in [-0.2, -0.15) is 0 Å². The van der Waals surface area contributed by atoms with Gasteiger partial charge in [0.15, 0.2) is 0 Å². The highest BCUT2D eigenvalue weighted by Crippen LogP contribution is 2.22. The van der Waals surface area contributed by atoms with Crippen molar-refractivity contribution < 1.29 is 19.2 Å². The summed E-state index contributed by atoms with van der Waals surface area (Å²) in [4.78, 5) is 36.0. The summed E-state index contributed by atoms with van der Waals surface area (Å²) in [6.07, 6.45) is 1.94. The van der Waals surface area contributed by atoms with Crippen LogP contribution in [0.4, 0.5) is 17.1 Å². The average Bonchev–Trinajstić information content (AvgIpc) is 2.88. The third kappa shape index (κ3) is 6.93. The van der Waals surface area contributed by atoms with Gasteiger partial charge in [0.05, 0.1) is 28.3 Å². The van der Waals surface area contributed by atoms with Gasteiger partial charge < -0.3 is 15.4 Å². The van der Waals surface area contributed by atoms with Crippen LogP contribution in [0.5, 0.6) is 0 Å². The predicted molar refractivity (Wildman–Crippen MR) is 139 cm³/mol. The number of hydrogen-bond donors (Lipinski definition) is 2. The number of nitrogens with zero attached hydrogens (tertiary/aromatic N) is 1. The minimum atomic E-state index is -0.516. The van der Waals surface area contributed by atoms with Gasteiger partial charge in [0, 0.05) is 35.5 Å². The lowest BCUT2D eigenvalue weighted by molar-refractivity contribution is -0.384. The van der Waals surface area contributed by atoms with Crippen molar-refractivity contribution in [3.8, 4) is 11.8 Å². The highest BCUT2D eigenvalue weighted by Gasteiger charge is 2.17. The van der Waals surface area contributed by atoms with E-state index in [0.29, 0.717) is 34.6 Å². The summed E-state index contributed by atoms with van der Waals surface area (Å²) < 4.78 is 5.10. The van der Waals surface area contributed by atoms with Crippen molar-refractivity contribution in [1.29, 1.82) is 0 Å². The molecule has 0 aliphatic rings. The topological polar surface area (TPSA) is 111 Å². The van der Waals surface area contributed by atoms with E-state index >= 15 is 0 Å². The van der Waals surface area contributed by atoms with E-state index in [1.807, 2.05) is 0 Å². The summed E-state index contributed by atoms with van der Waals surface area (Å²) in [5, 5.41) is 17.0. The maximum absolute atomic E-state index is 13.3. The van der Waals surface area contributed by atoms with Crippen LogP contribution in [0.2, 0.25) is 0 Å². The summed E-state index contributed by atoms with van der Waals surface area (Å²) in [7, 11) is 0. The highest BCUT2D eigenvalue weighted by atomic mass is 16.6. The van der Waals surface area contributed by atoms with Crippen molar-refractivity contribution in [2.24, 2.45) is 0 Å². The lowest BCUT2D eigenvalue weighted by atomic mass is 10.1. The number of esters is 1. The van der Waals surface area contributed by atoms with E-state index in [0.717, 1.165) is 12.8 Å². The zero-order chi connectivity index (χ0) is 25.9. The van der Waals surface area contributed by atoms with Gasteiger partial charge in [0.1, 0.15) is 0 Å². The monoisotopic (exact) mass is 485 g/mol. The zero-order valence-electron chi connectivity index (χ0n) is 20.2. The van der Waals surface area contributed by atoms with Crippen LogP contribution < -0.4 is 10.6 Å². The molecule has 0 saturated heterocycles. The van der Waals surface area contributed by atoms with Gasteiger partial charge >= 0.3 is 5.97 Å². The van der Waals surface area contributed by atoms with E-state index in [9.17, 15) is 19.7 Å². The normalized spacial score (nSPS) is 10.1. The van der Waals surface area contributed by atoms with E-state index in [1.165, 1.54) is 12.1 Å². The second-order valence-electron chi connectivity index (χ2n) is 7.81. The molecule has 8 nitrogen and oxygen atoms in total. The largest absolute Gasteiger partial charge is 0.462 e. The Bertz CT molecular complexity index is 1310. The first-order valence-electron chi connectivity index (χ1n) is 11.6. The van der Waals surface area contributed by atoms with Gasteiger partial charge in [-0.1, -0.05) is 37.3 Å². The van der Waals surface area contributed by atoms with Crippen LogP contribution in [0.1, 0.15) is 58.5 Å². The number of nitrogens with one attached hydrogen (secondary N) is 2. The smallest absolute Gasteiger partial charge is 0.340 e. The number of carbonyl (C=O) groups excluding carboxylic acids is 2. The first-order chi connectivity index (χ1) is 17.4. The zero-order valence-corrected chi connectivity index (χ0v) is 20.2. The third-order valence-electron chi connectivity index (χ3n) is 5.21. The molecular weight excluding hydrogens is 458 g/mol. The number of benzene rings is 3. The number of rotatable bonds is 9. The molecule has 36 heavy (non-hydrogen) atoms. The summed E-state index contributed by atoms with van der Waals surface area (Å²) in [6.45, 7) is 4.72. The van der Waals surface area contributed by atoms with Gasteiger partial charge in [-0.15, -0.1) is 0 Å². The number of anilines is 2. The SMILES string of the molecule is CCCCNc1ccc(C#Cc2ccc([N+](=O)[O-])cc2)cc1C(=O)Nc1ccccc1C(=O)OCC. The number of nitro benzene ring substituents is 1. The maximum atomic E-state index is 13.3. The Kier molecular flexibility index (Phi) is 9.18. The van der Waals surface area contributed by atoms with Crippen LogP contribution in [0.15, 0.2) is 66.7 Å². The van der Waals surface area contributed by atoms with Crippen molar-refractivity contribution in [2.45, 2.75) is 26.7 Å². The van der Waals surface area contributed by atoms with Crippen LogP contribution in [0.25, 0.3) is 0 Å². The molecular formula is C28H27N3O5.